The van der Waals surface area contributed by atoms with E-state index >= 15 is 0 Å². The van der Waals surface area contributed by atoms with E-state index in [-0.39, 0.29) is 17.0 Å². The van der Waals surface area contributed by atoms with E-state index in [0.717, 1.165) is 17.2 Å². The van der Waals surface area contributed by atoms with Crippen LogP contribution >= 0.6 is 0 Å². The van der Waals surface area contributed by atoms with Gasteiger partial charge in [0.2, 0.25) is 0 Å². The van der Waals surface area contributed by atoms with Gasteiger partial charge in [-0.3, -0.25) is 10.1 Å². The van der Waals surface area contributed by atoms with Crippen LogP contribution < -0.4 is 4.74 Å². The molecule has 1 N–H and O–H groups in total. The normalized spacial score (nSPS) is 10.5. The molecule has 6 nitrogen and oxygen atoms in total. The van der Waals surface area contributed by atoms with Crippen LogP contribution in [-0.4, -0.2) is 16.0 Å². The Labute approximate surface area is 149 Å². The molecule has 0 saturated carbocycles. The third-order valence-corrected chi connectivity index (χ3v) is 3.81. The minimum atomic E-state index is -1.26. The van der Waals surface area contributed by atoms with Crippen LogP contribution in [0.2, 0.25) is 0 Å². The van der Waals surface area contributed by atoms with Crippen LogP contribution in [-0.2, 0) is 0 Å². The summed E-state index contributed by atoms with van der Waals surface area (Å²) in [6.07, 6.45) is -0.527. The maximum atomic E-state index is 11.3. The fourth-order valence-corrected chi connectivity index (χ4v) is 2.60. The van der Waals surface area contributed by atoms with E-state index in [0.29, 0.717) is 0 Å². The minimum Gasteiger partial charge on any atom is -0.481 e. The molecule has 0 atom stereocenters. The lowest BCUT2D eigenvalue weighted by atomic mass is 10.0. The van der Waals surface area contributed by atoms with Crippen LogP contribution in [0.25, 0.3) is 0 Å². The largest absolute Gasteiger partial charge is 0.481 e. The Morgan fingerprint density at radius 3 is 1.92 bits per heavy atom. The Morgan fingerprint density at radius 2 is 1.46 bits per heavy atom. The first-order valence-corrected chi connectivity index (χ1v) is 7.84. The van der Waals surface area contributed by atoms with Crippen LogP contribution in [0.15, 0.2) is 78.9 Å². The Balaban J connectivity index is 2.05. The topological polar surface area (TPSA) is 89.7 Å². The van der Waals surface area contributed by atoms with Gasteiger partial charge in [-0.2, -0.15) is 0 Å². The van der Waals surface area contributed by atoms with Gasteiger partial charge < -0.3 is 9.84 Å². The molecule has 130 valence electrons. The second-order valence-electron chi connectivity index (χ2n) is 5.60. The first kappa shape index (κ1) is 17.2. The van der Waals surface area contributed by atoms with Gasteiger partial charge in [-0.05, 0) is 17.2 Å². The molecule has 0 heterocycles. The number of aromatic carboxylic acids is 1. The number of nitro benzene ring substituents is 1. The number of hydrogen-bond acceptors (Lipinski definition) is 4. The number of ether oxygens (including phenoxy) is 1. The van der Waals surface area contributed by atoms with E-state index in [2.05, 4.69) is 0 Å². The van der Waals surface area contributed by atoms with E-state index < -0.39 is 17.0 Å². The standard InChI is InChI=1S/C20H15NO5/c22-20(23)16-11-17(21(24)25)13-18(12-16)26-19(14-7-3-1-4-8-14)15-9-5-2-6-10-15/h1-13,19H,(H,22,23). The monoisotopic (exact) mass is 349 g/mol. The highest BCUT2D eigenvalue weighted by Gasteiger charge is 2.20. The Morgan fingerprint density at radius 1 is 0.923 bits per heavy atom. The van der Waals surface area contributed by atoms with Gasteiger partial charge in [0.25, 0.3) is 5.69 Å². The summed E-state index contributed by atoms with van der Waals surface area (Å²) in [6.45, 7) is 0. The molecule has 0 aliphatic rings. The predicted octanol–water partition coefficient (Wildman–Crippen LogP) is 4.46. The molecule has 3 rings (SSSR count). The van der Waals surface area contributed by atoms with Crippen molar-refractivity contribution in [1.29, 1.82) is 0 Å². The summed E-state index contributed by atoms with van der Waals surface area (Å²) in [5.74, 6) is -1.14. The molecule has 0 aliphatic carbocycles. The maximum absolute atomic E-state index is 11.3. The lowest BCUT2D eigenvalue weighted by Gasteiger charge is -2.20. The quantitative estimate of drug-likeness (QED) is 0.524. The molecule has 6 heteroatoms. The average molecular weight is 349 g/mol. The summed E-state index contributed by atoms with van der Waals surface area (Å²) in [7, 11) is 0. The molecule has 3 aromatic carbocycles. The van der Waals surface area contributed by atoms with Crippen molar-refractivity contribution in [2.75, 3.05) is 0 Å². The Kier molecular flexibility index (Phi) is 4.94. The van der Waals surface area contributed by atoms with Crippen molar-refractivity contribution < 1.29 is 19.6 Å². The Hall–Kier alpha value is -3.67. The van der Waals surface area contributed by atoms with Crippen molar-refractivity contribution in [2.45, 2.75) is 6.10 Å². The molecule has 0 unspecified atom stereocenters. The van der Waals surface area contributed by atoms with E-state index in [1.807, 2.05) is 60.7 Å². The van der Waals surface area contributed by atoms with Gasteiger partial charge in [-0.15, -0.1) is 0 Å². The zero-order valence-electron chi connectivity index (χ0n) is 13.6. The molecule has 0 aliphatic heterocycles. The predicted molar refractivity (Wildman–Crippen MR) is 95.4 cm³/mol. The highest BCUT2D eigenvalue weighted by Crippen LogP contribution is 2.31. The molecule has 0 aromatic heterocycles. The number of non-ortho nitro benzene ring substituents is 1. The summed E-state index contributed by atoms with van der Waals surface area (Å²) in [5, 5.41) is 20.3. The molecule has 0 saturated heterocycles. The average Bonchev–Trinajstić information content (AvgIpc) is 2.67. The molecule has 0 spiro atoms. The molecule has 0 bridgehead atoms. The van der Waals surface area contributed by atoms with Gasteiger partial charge in [0, 0.05) is 6.07 Å². The smallest absolute Gasteiger partial charge is 0.336 e. The number of carboxylic acid groups (broad SMARTS) is 1. The first-order chi connectivity index (χ1) is 12.5. The molecule has 3 aromatic rings. The van der Waals surface area contributed by atoms with Gasteiger partial charge in [0.15, 0.2) is 0 Å². The molecule has 0 fully saturated rings. The number of benzene rings is 3. The first-order valence-electron chi connectivity index (χ1n) is 7.84. The highest BCUT2D eigenvalue weighted by atomic mass is 16.6. The number of rotatable bonds is 6. The van der Waals surface area contributed by atoms with Crippen LogP contribution in [0.3, 0.4) is 0 Å². The van der Waals surface area contributed by atoms with Gasteiger partial charge in [-0.1, -0.05) is 60.7 Å². The van der Waals surface area contributed by atoms with Gasteiger partial charge in [0.05, 0.1) is 16.6 Å². The molecule has 0 amide bonds. The van der Waals surface area contributed by atoms with Crippen LogP contribution in [0.4, 0.5) is 5.69 Å². The van der Waals surface area contributed by atoms with Crippen molar-refractivity contribution in [2.24, 2.45) is 0 Å². The van der Waals surface area contributed by atoms with Gasteiger partial charge >= 0.3 is 5.97 Å². The van der Waals surface area contributed by atoms with Gasteiger partial charge in [0.1, 0.15) is 11.9 Å². The van der Waals surface area contributed by atoms with E-state index in [1.54, 1.807) is 0 Å². The Bertz CT molecular complexity index is 854. The molecule has 26 heavy (non-hydrogen) atoms. The molecule has 0 radical (unpaired) electrons. The van der Waals surface area contributed by atoms with Crippen LogP contribution in [0.5, 0.6) is 5.75 Å². The summed E-state index contributed by atoms with van der Waals surface area (Å²) in [6, 6.07) is 22.3. The zero-order valence-corrected chi connectivity index (χ0v) is 13.6. The number of nitro groups is 1. The third kappa shape index (κ3) is 3.87. The number of carboxylic acids is 1. The van der Waals surface area contributed by atoms with Crippen molar-refractivity contribution in [3.05, 3.63) is 106 Å². The number of nitrogens with zero attached hydrogens (tertiary/aromatic N) is 1. The number of carbonyl (C=O) groups is 1. The number of hydrogen-bond donors (Lipinski definition) is 1. The SMILES string of the molecule is O=C(O)c1cc(OC(c2ccccc2)c2ccccc2)cc([N+](=O)[O-])c1. The third-order valence-electron chi connectivity index (χ3n) is 3.81. The lowest BCUT2D eigenvalue weighted by molar-refractivity contribution is -0.385. The van der Waals surface area contributed by atoms with Crippen molar-refractivity contribution in [1.82, 2.24) is 0 Å². The van der Waals surface area contributed by atoms with E-state index in [4.69, 9.17) is 4.74 Å². The fourth-order valence-electron chi connectivity index (χ4n) is 2.60. The second kappa shape index (κ2) is 7.48. The summed E-state index contributed by atoms with van der Waals surface area (Å²) in [4.78, 5) is 21.7. The second-order valence-corrected chi connectivity index (χ2v) is 5.60. The van der Waals surface area contributed by atoms with Crippen molar-refractivity contribution >= 4 is 11.7 Å². The molecular formula is C20H15NO5. The summed E-state index contributed by atoms with van der Waals surface area (Å²) >= 11 is 0. The lowest BCUT2D eigenvalue weighted by Crippen LogP contribution is -2.10. The van der Waals surface area contributed by atoms with Crippen LogP contribution in [0, 0.1) is 10.1 Å². The van der Waals surface area contributed by atoms with Gasteiger partial charge in [-0.25, -0.2) is 4.79 Å². The van der Waals surface area contributed by atoms with Crippen molar-refractivity contribution in [3.8, 4) is 5.75 Å². The minimum absolute atomic E-state index is 0.120. The van der Waals surface area contributed by atoms with Crippen LogP contribution in [0.1, 0.15) is 27.6 Å². The van der Waals surface area contributed by atoms with E-state index in [9.17, 15) is 20.0 Å². The highest BCUT2D eigenvalue weighted by molar-refractivity contribution is 5.89. The maximum Gasteiger partial charge on any atom is 0.336 e. The van der Waals surface area contributed by atoms with E-state index in [1.165, 1.54) is 12.1 Å². The summed E-state index contributed by atoms with van der Waals surface area (Å²) in [5.41, 5.74) is 1.16. The summed E-state index contributed by atoms with van der Waals surface area (Å²) < 4.78 is 6.00. The zero-order chi connectivity index (χ0) is 18.5. The van der Waals surface area contributed by atoms with Crippen molar-refractivity contribution in [3.63, 3.8) is 0 Å². The molecular weight excluding hydrogens is 334 g/mol. The fraction of sp³-hybridized carbons (Fsp3) is 0.0500.